The number of anilines is 1. The van der Waals surface area contributed by atoms with E-state index in [2.05, 4.69) is 32.6 Å². The highest BCUT2D eigenvalue weighted by Crippen LogP contribution is 2.22. The van der Waals surface area contributed by atoms with Crippen molar-refractivity contribution in [1.82, 2.24) is 15.5 Å². The molecule has 0 fully saturated rings. The van der Waals surface area contributed by atoms with Crippen LogP contribution in [0.5, 0.6) is 0 Å². The molecular weight excluding hydrogens is 504 g/mol. The Balaban J connectivity index is 1.65. The van der Waals surface area contributed by atoms with Crippen molar-refractivity contribution in [1.29, 1.82) is 0 Å². The quantitative estimate of drug-likeness (QED) is 0.403. The molecule has 1 aliphatic heterocycles. The molecule has 2 heterocycles. The van der Waals surface area contributed by atoms with Crippen LogP contribution in [0.1, 0.15) is 40.1 Å². The molecule has 1 atom stereocenters. The summed E-state index contributed by atoms with van der Waals surface area (Å²) in [5, 5.41) is 8.23. The first-order valence-electron chi connectivity index (χ1n) is 11.8. The minimum absolute atomic E-state index is 0.0944. The summed E-state index contributed by atoms with van der Waals surface area (Å²) in [6, 6.07) is 8.00. The average Bonchev–Trinajstić information content (AvgIpc) is 3.21. The summed E-state index contributed by atoms with van der Waals surface area (Å²) in [5.41, 5.74) is 3.08. The number of hydrogen-bond donors (Lipinski definition) is 3. The number of methoxy groups -OCH3 is 1. The molecule has 3 rings (SSSR count). The summed E-state index contributed by atoms with van der Waals surface area (Å²) in [7, 11) is 3.38. The van der Waals surface area contributed by atoms with Crippen molar-refractivity contribution in [3.8, 4) is 0 Å². The van der Waals surface area contributed by atoms with Gasteiger partial charge in [0, 0.05) is 38.2 Å². The van der Waals surface area contributed by atoms with E-state index in [-0.39, 0.29) is 25.3 Å². The fraction of sp³-hybridized carbons (Fsp3) is 0.440. The Morgan fingerprint density at radius 3 is 2.53 bits per heavy atom. The topological polar surface area (TPSA) is 117 Å². The number of carbonyl (C=O) groups excluding carboxylic acids is 4. The Kier molecular flexibility index (Phi) is 10.3. The molecule has 3 amide bonds. The molecule has 0 unspecified atom stereocenters. The van der Waals surface area contributed by atoms with Crippen molar-refractivity contribution in [2.45, 2.75) is 38.1 Å². The van der Waals surface area contributed by atoms with Gasteiger partial charge in [0.25, 0.3) is 5.91 Å². The number of hydrogen-bond acceptors (Lipinski definition) is 7. The lowest BCUT2D eigenvalue weighted by atomic mass is 10.0. The zero-order chi connectivity index (χ0) is 26.1. The van der Waals surface area contributed by atoms with E-state index < -0.39 is 23.8 Å². The second-order valence-electron chi connectivity index (χ2n) is 8.64. The third kappa shape index (κ3) is 8.32. The maximum atomic E-state index is 13.2. The van der Waals surface area contributed by atoms with Gasteiger partial charge < -0.3 is 25.6 Å². The number of likely N-dealkylation sites (N-methyl/N-ethyl adjacent to an activating group) is 1. The Morgan fingerprint density at radius 1 is 1.08 bits per heavy atom. The van der Waals surface area contributed by atoms with Crippen LogP contribution in [-0.4, -0.2) is 68.4 Å². The van der Waals surface area contributed by atoms with Gasteiger partial charge in [0.1, 0.15) is 6.04 Å². The number of esters is 1. The normalized spacial score (nSPS) is 14.2. The fourth-order valence-corrected chi connectivity index (χ4v) is 4.76. The number of ether oxygens (including phenoxy) is 1. The zero-order valence-corrected chi connectivity index (χ0v) is 22.0. The van der Waals surface area contributed by atoms with Gasteiger partial charge in [0.2, 0.25) is 11.8 Å². The van der Waals surface area contributed by atoms with Crippen LogP contribution in [0, 0.1) is 0 Å². The summed E-state index contributed by atoms with van der Waals surface area (Å²) in [6.45, 7) is 1.82. The summed E-state index contributed by atoms with van der Waals surface area (Å²) in [6.07, 6.45) is 2.37. The molecule has 1 aromatic carbocycles. The second kappa shape index (κ2) is 13.4. The van der Waals surface area contributed by atoms with Crippen molar-refractivity contribution in [3.63, 3.8) is 0 Å². The molecule has 3 N–H and O–H groups in total. The monoisotopic (exact) mass is 534 g/mol. The SMILES string of the molecule is COC(=O)CCCC(=O)NC[C@@H](NC(=O)c1ccc(Cl)s1)C(=O)Nc1ccc2c(c1)CCN(C)CC2. The number of amides is 3. The van der Waals surface area contributed by atoms with E-state index in [0.29, 0.717) is 21.3 Å². The highest BCUT2D eigenvalue weighted by atomic mass is 35.5. The molecule has 0 spiro atoms. The predicted octanol–water partition coefficient (Wildman–Crippen LogP) is 2.63. The smallest absolute Gasteiger partial charge is 0.305 e. The van der Waals surface area contributed by atoms with Gasteiger partial charge in [-0.3, -0.25) is 19.2 Å². The van der Waals surface area contributed by atoms with Gasteiger partial charge in [-0.1, -0.05) is 17.7 Å². The van der Waals surface area contributed by atoms with E-state index in [1.807, 2.05) is 18.2 Å². The first kappa shape index (κ1) is 27.6. The van der Waals surface area contributed by atoms with Crippen LogP contribution in [0.2, 0.25) is 4.34 Å². The highest BCUT2D eigenvalue weighted by Gasteiger charge is 2.24. The Labute approximate surface area is 219 Å². The van der Waals surface area contributed by atoms with Crippen LogP contribution in [0.15, 0.2) is 30.3 Å². The first-order valence-corrected chi connectivity index (χ1v) is 13.0. The molecule has 0 bridgehead atoms. The van der Waals surface area contributed by atoms with E-state index in [4.69, 9.17) is 11.6 Å². The summed E-state index contributed by atoms with van der Waals surface area (Å²) in [4.78, 5) is 52.0. The minimum atomic E-state index is -1.02. The lowest BCUT2D eigenvalue weighted by molar-refractivity contribution is -0.140. The van der Waals surface area contributed by atoms with Gasteiger partial charge in [-0.25, -0.2) is 0 Å². The van der Waals surface area contributed by atoms with Crippen LogP contribution >= 0.6 is 22.9 Å². The third-order valence-corrected chi connectivity index (χ3v) is 7.16. The van der Waals surface area contributed by atoms with E-state index in [1.54, 1.807) is 12.1 Å². The molecule has 1 aromatic heterocycles. The second-order valence-corrected chi connectivity index (χ2v) is 10.4. The van der Waals surface area contributed by atoms with E-state index in [0.717, 1.165) is 37.3 Å². The molecule has 0 saturated heterocycles. The number of thiophene rings is 1. The Hall–Kier alpha value is -2.95. The number of benzene rings is 1. The number of halogens is 1. The van der Waals surface area contributed by atoms with E-state index in [9.17, 15) is 19.2 Å². The molecule has 11 heteroatoms. The zero-order valence-electron chi connectivity index (χ0n) is 20.4. The molecule has 194 valence electrons. The molecule has 0 saturated carbocycles. The summed E-state index contributed by atoms with van der Waals surface area (Å²) in [5.74, 6) is -1.64. The lowest BCUT2D eigenvalue weighted by Crippen LogP contribution is -2.50. The van der Waals surface area contributed by atoms with Crippen molar-refractivity contribution in [2.24, 2.45) is 0 Å². The van der Waals surface area contributed by atoms with Crippen molar-refractivity contribution in [2.75, 3.05) is 39.1 Å². The van der Waals surface area contributed by atoms with Gasteiger partial charge in [-0.2, -0.15) is 0 Å². The van der Waals surface area contributed by atoms with Crippen LogP contribution < -0.4 is 16.0 Å². The van der Waals surface area contributed by atoms with Crippen molar-refractivity contribution >= 4 is 52.3 Å². The molecular formula is C25H31ClN4O5S. The molecule has 0 radical (unpaired) electrons. The van der Waals surface area contributed by atoms with Crippen molar-refractivity contribution in [3.05, 3.63) is 50.7 Å². The van der Waals surface area contributed by atoms with Crippen LogP contribution in [0.4, 0.5) is 5.69 Å². The highest BCUT2D eigenvalue weighted by molar-refractivity contribution is 7.18. The van der Waals surface area contributed by atoms with Crippen LogP contribution in [-0.2, 0) is 32.0 Å². The van der Waals surface area contributed by atoms with E-state index in [1.165, 1.54) is 18.2 Å². The molecule has 9 nitrogen and oxygen atoms in total. The number of rotatable bonds is 10. The minimum Gasteiger partial charge on any atom is -0.469 e. The largest absolute Gasteiger partial charge is 0.469 e. The Morgan fingerprint density at radius 2 is 1.83 bits per heavy atom. The van der Waals surface area contributed by atoms with Gasteiger partial charge in [-0.15, -0.1) is 11.3 Å². The number of fused-ring (bicyclic) bond motifs is 1. The van der Waals surface area contributed by atoms with Gasteiger partial charge in [-0.05, 0) is 61.7 Å². The van der Waals surface area contributed by atoms with Crippen LogP contribution in [0.25, 0.3) is 0 Å². The van der Waals surface area contributed by atoms with Crippen molar-refractivity contribution < 1.29 is 23.9 Å². The van der Waals surface area contributed by atoms with Gasteiger partial charge in [0.05, 0.1) is 16.3 Å². The summed E-state index contributed by atoms with van der Waals surface area (Å²) >= 11 is 7.04. The predicted molar refractivity (Wildman–Crippen MR) is 139 cm³/mol. The maximum Gasteiger partial charge on any atom is 0.305 e. The lowest BCUT2D eigenvalue weighted by Gasteiger charge is -2.19. The van der Waals surface area contributed by atoms with Gasteiger partial charge in [0.15, 0.2) is 0 Å². The van der Waals surface area contributed by atoms with Crippen LogP contribution in [0.3, 0.4) is 0 Å². The standard InChI is InChI=1S/C25H31ClN4O5S/c1-30-12-10-16-6-7-18(14-17(16)11-13-30)28-24(33)19(29-25(34)20-8-9-21(26)36-20)15-27-22(31)4-3-5-23(32)35-2/h6-9,14,19H,3-5,10-13,15H2,1-2H3,(H,27,31)(H,28,33)(H,29,34)/t19-/m1/s1. The molecule has 36 heavy (non-hydrogen) atoms. The molecule has 0 aliphatic carbocycles. The van der Waals surface area contributed by atoms with Gasteiger partial charge >= 0.3 is 5.97 Å². The molecule has 2 aromatic rings. The number of nitrogens with zero attached hydrogens (tertiary/aromatic N) is 1. The first-order chi connectivity index (χ1) is 17.2. The third-order valence-electron chi connectivity index (χ3n) is 5.93. The molecule has 1 aliphatic rings. The number of carbonyl (C=O) groups is 4. The average molecular weight is 535 g/mol. The summed E-state index contributed by atoms with van der Waals surface area (Å²) < 4.78 is 5.03. The number of nitrogens with one attached hydrogen (secondary N) is 3. The van der Waals surface area contributed by atoms with E-state index >= 15 is 0 Å². The fourth-order valence-electron chi connectivity index (χ4n) is 3.82. The Bertz CT molecular complexity index is 1110. The maximum absolute atomic E-state index is 13.2.